The zero-order chi connectivity index (χ0) is 25.1. The number of carboxylic acid groups (broad SMARTS) is 1. The molecule has 0 saturated heterocycles. The maximum absolute atomic E-state index is 10.5. The van der Waals surface area contributed by atoms with E-state index in [-0.39, 0.29) is 29.7 Å². The number of fused-ring (bicyclic) bond motifs is 1. The molecule has 0 bridgehead atoms. The standard InChI is InChI=1S/C27H37ClO2.C2H4O2.H3N/c1-18-4-11-24-23(17-29)25(13-15-26(18,24)2)27(3)14-12-22(30)16-20(27)8-5-19-6-9-21(28)10-7-19;1-2(3)4;/h5-10,20,22-25,29-30H,1,4,11-17H2,2-3H3;1H3,(H,3,4);1H3/b8-5-;;/t20-,22-,23+,24?,25?,26-,27-;;/m0../s1. The van der Waals surface area contributed by atoms with Gasteiger partial charge in [-0.25, -0.2) is 0 Å². The van der Waals surface area contributed by atoms with Crippen LogP contribution < -0.4 is 11.3 Å². The van der Waals surface area contributed by atoms with Crippen molar-refractivity contribution in [1.82, 2.24) is 6.15 Å². The molecule has 2 unspecified atom stereocenters. The van der Waals surface area contributed by atoms with Crippen molar-refractivity contribution in [2.45, 2.75) is 71.8 Å². The molecule has 6 heteroatoms. The molecule has 0 amide bonds. The number of benzene rings is 1. The molecule has 1 aromatic rings. The Bertz CT molecular complexity index is 896. The molecular formula is C29H44ClNO4. The molecule has 3 saturated carbocycles. The predicted molar refractivity (Wildman–Crippen MR) is 142 cm³/mol. The highest BCUT2D eigenvalue weighted by Gasteiger charge is 2.56. The van der Waals surface area contributed by atoms with Gasteiger partial charge in [-0.2, -0.15) is 0 Å². The lowest BCUT2D eigenvalue weighted by molar-refractivity contribution is -0.302. The number of carbonyl (C=O) groups excluding carboxylic acids is 1. The highest BCUT2D eigenvalue weighted by molar-refractivity contribution is 6.30. The molecule has 6 N–H and O–H groups in total. The van der Waals surface area contributed by atoms with Gasteiger partial charge in [0.05, 0.1) is 6.10 Å². The smallest absolute Gasteiger partial charge is 0.0546 e. The molecular weight excluding hydrogens is 462 g/mol. The van der Waals surface area contributed by atoms with Gasteiger partial charge >= 0.3 is 0 Å². The molecule has 4 rings (SSSR count). The van der Waals surface area contributed by atoms with E-state index in [9.17, 15) is 10.2 Å². The van der Waals surface area contributed by atoms with Crippen LogP contribution >= 0.6 is 11.6 Å². The topological polar surface area (TPSA) is 117 Å². The lowest BCUT2D eigenvalue weighted by atomic mass is 9.49. The van der Waals surface area contributed by atoms with E-state index in [1.165, 1.54) is 18.4 Å². The van der Waals surface area contributed by atoms with Crippen LogP contribution in [0.5, 0.6) is 0 Å². The van der Waals surface area contributed by atoms with E-state index in [0.29, 0.717) is 23.7 Å². The van der Waals surface area contributed by atoms with Crippen LogP contribution in [-0.4, -0.2) is 28.9 Å². The van der Waals surface area contributed by atoms with Gasteiger partial charge in [-0.05, 0) is 104 Å². The van der Waals surface area contributed by atoms with Crippen molar-refractivity contribution in [2.75, 3.05) is 6.61 Å². The van der Waals surface area contributed by atoms with Crippen LogP contribution in [0.1, 0.15) is 71.3 Å². The highest BCUT2D eigenvalue weighted by atomic mass is 35.5. The number of rotatable bonds is 4. The van der Waals surface area contributed by atoms with Gasteiger partial charge in [0.15, 0.2) is 0 Å². The van der Waals surface area contributed by atoms with E-state index in [1.54, 1.807) is 0 Å². The molecule has 5 nitrogen and oxygen atoms in total. The Kier molecular flexibility index (Phi) is 10.2. The summed E-state index contributed by atoms with van der Waals surface area (Å²) in [6, 6.07) is 7.93. The highest BCUT2D eigenvalue weighted by Crippen LogP contribution is 2.63. The molecule has 0 aliphatic heterocycles. The second kappa shape index (κ2) is 12.1. The second-order valence-corrected chi connectivity index (χ2v) is 11.5. The summed E-state index contributed by atoms with van der Waals surface area (Å²) >= 11 is 6.04. The third kappa shape index (κ3) is 6.37. The Morgan fingerprint density at radius 1 is 1.17 bits per heavy atom. The summed E-state index contributed by atoms with van der Waals surface area (Å²) < 4.78 is 0. The van der Waals surface area contributed by atoms with Crippen molar-refractivity contribution in [1.29, 1.82) is 0 Å². The average Bonchev–Trinajstić information content (AvgIpc) is 3.09. The molecule has 1 aromatic carbocycles. The molecule has 3 aliphatic rings. The summed E-state index contributed by atoms with van der Waals surface area (Å²) in [6.45, 7) is 10.4. The first-order valence-electron chi connectivity index (χ1n) is 12.6. The van der Waals surface area contributed by atoms with E-state index in [0.717, 1.165) is 49.6 Å². The molecule has 0 radical (unpaired) electrons. The summed E-state index contributed by atoms with van der Waals surface area (Å²) in [4.78, 5) is 8.89. The fraction of sp³-hybridized carbons (Fsp3) is 0.621. The number of aliphatic hydroxyl groups excluding tert-OH is 2. The number of halogens is 1. The molecule has 0 spiro atoms. The molecule has 0 aromatic heterocycles. The molecule has 3 aliphatic carbocycles. The van der Waals surface area contributed by atoms with Crippen molar-refractivity contribution in [3.05, 3.63) is 53.1 Å². The summed E-state index contributed by atoms with van der Waals surface area (Å²) in [5.41, 5.74) is 2.83. The Morgan fingerprint density at radius 2 is 1.80 bits per heavy atom. The Balaban J connectivity index is 0.000000804. The first kappa shape index (κ1) is 29.6. The minimum atomic E-state index is -1.08. The normalized spacial score (nSPS) is 36.6. The summed E-state index contributed by atoms with van der Waals surface area (Å²) in [5, 5.41) is 30.6. The van der Waals surface area contributed by atoms with E-state index >= 15 is 0 Å². The predicted octanol–water partition coefficient (Wildman–Crippen LogP) is 5.64. The van der Waals surface area contributed by atoms with Gasteiger partial charge in [0.1, 0.15) is 0 Å². The monoisotopic (exact) mass is 505 g/mol. The Morgan fingerprint density at radius 3 is 2.40 bits per heavy atom. The van der Waals surface area contributed by atoms with Crippen molar-refractivity contribution in [2.24, 2.45) is 34.5 Å². The number of quaternary nitrogens is 1. The van der Waals surface area contributed by atoms with Crippen LogP contribution in [0.4, 0.5) is 0 Å². The van der Waals surface area contributed by atoms with Crippen LogP contribution in [0.25, 0.3) is 6.08 Å². The number of aliphatic carboxylic acids is 1. The molecule has 3 fully saturated rings. The van der Waals surface area contributed by atoms with Crippen LogP contribution in [-0.2, 0) is 4.79 Å². The molecule has 35 heavy (non-hydrogen) atoms. The minimum Gasteiger partial charge on any atom is -0.550 e. The van der Waals surface area contributed by atoms with Crippen molar-refractivity contribution in [3.8, 4) is 0 Å². The van der Waals surface area contributed by atoms with Gasteiger partial charge in [0.25, 0.3) is 0 Å². The molecule has 7 atom stereocenters. The minimum absolute atomic E-state index is 0. The fourth-order valence-corrected chi connectivity index (χ4v) is 7.30. The number of aliphatic hydroxyl groups is 2. The lowest BCUT2D eigenvalue weighted by Crippen LogP contribution is -2.50. The molecule has 0 heterocycles. The number of carboxylic acids is 1. The first-order valence-corrected chi connectivity index (χ1v) is 13.0. The van der Waals surface area contributed by atoms with Crippen LogP contribution in [0.2, 0.25) is 5.02 Å². The van der Waals surface area contributed by atoms with Gasteiger partial charge < -0.3 is 26.3 Å². The van der Waals surface area contributed by atoms with E-state index in [1.807, 2.05) is 24.3 Å². The number of hydrogen-bond acceptors (Lipinski definition) is 4. The third-order valence-corrected chi connectivity index (χ3v) is 9.48. The largest absolute Gasteiger partial charge is 0.550 e. The van der Waals surface area contributed by atoms with Crippen LogP contribution in [0.3, 0.4) is 0 Å². The zero-order valence-electron chi connectivity index (χ0n) is 21.8. The quantitative estimate of drug-likeness (QED) is 0.458. The van der Waals surface area contributed by atoms with Crippen molar-refractivity contribution < 1.29 is 20.1 Å². The Labute approximate surface area is 215 Å². The lowest BCUT2D eigenvalue weighted by Gasteiger charge is -2.56. The fourth-order valence-electron chi connectivity index (χ4n) is 7.17. The van der Waals surface area contributed by atoms with E-state index < -0.39 is 5.97 Å². The number of hydrogen-bond donors (Lipinski definition) is 3. The van der Waals surface area contributed by atoms with Gasteiger partial charge in [0.2, 0.25) is 0 Å². The van der Waals surface area contributed by atoms with Gasteiger partial charge in [-0.1, -0.05) is 61.9 Å². The summed E-state index contributed by atoms with van der Waals surface area (Å²) in [6.07, 6.45) is 11.6. The zero-order valence-corrected chi connectivity index (χ0v) is 22.6. The number of carbonyl (C=O) groups is 1. The van der Waals surface area contributed by atoms with Crippen molar-refractivity contribution >= 4 is 23.6 Å². The SMILES string of the molecule is C=C1CCC2[C@@H](CO)C([C@@]3(C)CC[C@H](O)C[C@@H]3/C=C\c3ccc(Cl)cc3)CC[C@@]12C.CC(=O)[O-].[NH4+]. The van der Waals surface area contributed by atoms with Gasteiger partial charge in [-0.3, -0.25) is 0 Å². The first-order chi connectivity index (χ1) is 16.0. The second-order valence-electron chi connectivity index (χ2n) is 11.1. The molecule has 196 valence electrons. The van der Waals surface area contributed by atoms with E-state index in [4.69, 9.17) is 21.5 Å². The van der Waals surface area contributed by atoms with Gasteiger partial charge in [0, 0.05) is 17.6 Å². The Hall–Kier alpha value is -1.66. The third-order valence-electron chi connectivity index (χ3n) is 9.23. The van der Waals surface area contributed by atoms with Crippen LogP contribution in [0, 0.1) is 34.5 Å². The number of allylic oxidation sites excluding steroid dienone is 2. The van der Waals surface area contributed by atoms with Crippen molar-refractivity contribution in [3.63, 3.8) is 0 Å². The average molecular weight is 506 g/mol. The summed E-state index contributed by atoms with van der Waals surface area (Å²) in [5.74, 6) is 0.580. The maximum atomic E-state index is 10.5. The van der Waals surface area contributed by atoms with Crippen LogP contribution in [0.15, 0.2) is 42.5 Å². The van der Waals surface area contributed by atoms with E-state index in [2.05, 4.69) is 32.6 Å². The van der Waals surface area contributed by atoms with Gasteiger partial charge in [-0.15, -0.1) is 0 Å². The summed E-state index contributed by atoms with van der Waals surface area (Å²) in [7, 11) is 0. The maximum Gasteiger partial charge on any atom is 0.0546 e.